The minimum absolute atomic E-state index is 0.0136. The van der Waals surface area contributed by atoms with E-state index >= 15 is 0 Å². The van der Waals surface area contributed by atoms with Crippen molar-refractivity contribution in [1.82, 2.24) is 9.80 Å². The molecule has 0 radical (unpaired) electrons. The summed E-state index contributed by atoms with van der Waals surface area (Å²) in [6.45, 7) is 3.35. The molecule has 20 heavy (non-hydrogen) atoms. The van der Waals surface area contributed by atoms with E-state index in [1.165, 1.54) is 0 Å². The molecule has 0 spiro atoms. The number of hydrogen-bond donors (Lipinski definition) is 0. The highest BCUT2D eigenvalue weighted by atomic mass is 16.4. The molecule has 1 aromatic carbocycles. The van der Waals surface area contributed by atoms with Gasteiger partial charge in [-0.25, -0.2) is 0 Å². The second-order valence-corrected chi connectivity index (χ2v) is 5.13. The summed E-state index contributed by atoms with van der Waals surface area (Å²) in [7, 11) is 2.07. The monoisotopic (exact) mass is 270 g/mol. The topological polar surface area (TPSA) is 36.7 Å². The summed E-state index contributed by atoms with van der Waals surface area (Å²) < 4.78 is 5.71. The van der Waals surface area contributed by atoms with Crippen molar-refractivity contribution >= 4 is 5.91 Å². The van der Waals surface area contributed by atoms with Gasteiger partial charge in [0.25, 0.3) is 5.91 Å². The molecular weight excluding hydrogens is 252 g/mol. The summed E-state index contributed by atoms with van der Waals surface area (Å²) in [6.07, 6.45) is 0. The minimum Gasteiger partial charge on any atom is -0.451 e. The van der Waals surface area contributed by atoms with Crippen LogP contribution in [0.4, 0.5) is 0 Å². The summed E-state index contributed by atoms with van der Waals surface area (Å²) in [6, 6.07) is 13.5. The second kappa shape index (κ2) is 5.51. The van der Waals surface area contributed by atoms with Crippen molar-refractivity contribution in [2.24, 2.45) is 0 Å². The second-order valence-electron chi connectivity index (χ2n) is 5.13. The van der Waals surface area contributed by atoms with Crippen molar-refractivity contribution in [3.63, 3.8) is 0 Å². The molecule has 1 amide bonds. The molecule has 1 aliphatic heterocycles. The van der Waals surface area contributed by atoms with Gasteiger partial charge in [-0.2, -0.15) is 0 Å². The number of likely N-dealkylation sites (N-methyl/N-ethyl adjacent to an activating group) is 1. The van der Waals surface area contributed by atoms with Gasteiger partial charge in [0.15, 0.2) is 5.76 Å². The van der Waals surface area contributed by atoms with Crippen molar-refractivity contribution in [1.29, 1.82) is 0 Å². The van der Waals surface area contributed by atoms with Gasteiger partial charge in [-0.1, -0.05) is 30.3 Å². The van der Waals surface area contributed by atoms with Crippen molar-refractivity contribution in [2.75, 3.05) is 33.2 Å². The molecule has 4 heteroatoms. The maximum atomic E-state index is 12.4. The average Bonchev–Trinajstić information content (AvgIpc) is 2.98. The summed E-state index contributed by atoms with van der Waals surface area (Å²) in [5.41, 5.74) is 0.991. The van der Waals surface area contributed by atoms with Gasteiger partial charge < -0.3 is 14.2 Å². The van der Waals surface area contributed by atoms with Crippen LogP contribution in [0.3, 0.4) is 0 Å². The zero-order valence-electron chi connectivity index (χ0n) is 11.6. The highest BCUT2D eigenvalue weighted by Gasteiger charge is 2.22. The quantitative estimate of drug-likeness (QED) is 0.840. The van der Waals surface area contributed by atoms with Crippen LogP contribution in [0.15, 0.2) is 46.9 Å². The first-order valence-corrected chi connectivity index (χ1v) is 6.87. The molecule has 2 heterocycles. The number of rotatable bonds is 2. The smallest absolute Gasteiger partial charge is 0.289 e. The summed E-state index contributed by atoms with van der Waals surface area (Å²) in [4.78, 5) is 16.4. The van der Waals surface area contributed by atoms with Crippen LogP contribution >= 0.6 is 0 Å². The third kappa shape index (κ3) is 2.60. The number of furan rings is 1. The molecule has 0 aliphatic carbocycles. The van der Waals surface area contributed by atoms with Crippen molar-refractivity contribution < 1.29 is 9.21 Å². The van der Waals surface area contributed by atoms with Gasteiger partial charge in [-0.3, -0.25) is 4.79 Å². The molecule has 0 N–H and O–H groups in total. The van der Waals surface area contributed by atoms with Crippen LogP contribution in [0, 0.1) is 0 Å². The molecule has 0 atom stereocenters. The number of carbonyl (C=O) groups is 1. The van der Waals surface area contributed by atoms with Gasteiger partial charge in [-0.05, 0) is 19.2 Å². The third-order valence-electron chi connectivity index (χ3n) is 3.67. The number of hydrogen-bond acceptors (Lipinski definition) is 3. The Hall–Kier alpha value is -2.07. The largest absolute Gasteiger partial charge is 0.451 e. The van der Waals surface area contributed by atoms with Crippen LogP contribution in [0.2, 0.25) is 0 Å². The normalized spacial score (nSPS) is 16.4. The number of amides is 1. The first-order chi connectivity index (χ1) is 9.74. The summed E-state index contributed by atoms with van der Waals surface area (Å²) in [5, 5.41) is 0. The van der Waals surface area contributed by atoms with E-state index in [2.05, 4.69) is 11.9 Å². The van der Waals surface area contributed by atoms with Gasteiger partial charge in [0.1, 0.15) is 5.76 Å². The van der Waals surface area contributed by atoms with E-state index in [0.29, 0.717) is 5.76 Å². The van der Waals surface area contributed by atoms with Crippen LogP contribution in [-0.2, 0) is 0 Å². The molecule has 1 aromatic heterocycles. The van der Waals surface area contributed by atoms with Crippen LogP contribution in [0.25, 0.3) is 11.3 Å². The lowest BCUT2D eigenvalue weighted by atomic mass is 10.2. The Morgan fingerprint density at radius 1 is 1.00 bits per heavy atom. The Balaban J connectivity index is 1.75. The molecule has 104 valence electrons. The van der Waals surface area contributed by atoms with Gasteiger partial charge in [0, 0.05) is 31.7 Å². The Kier molecular flexibility index (Phi) is 3.56. The Labute approximate surface area is 118 Å². The Morgan fingerprint density at radius 2 is 1.70 bits per heavy atom. The SMILES string of the molecule is CN1CCN(C(=O)c2ccc(-c3ccccc3)o2)CC1. The molecule has 0 unspecified atom stereocenters. The lowest BCUT2D eigenvalue weighted by molar-refractivity contribution is 0.0633. The fraction of sp³-hybridized carbons (Fsp3) is 0.312. The molecule has 1 fully saturated rings. The maximum Gasteiger partial charge on any atom is 0.289 e. The van der Waals surface area contributed by atoms with Gasteiger partial charge in [-0.15, -0.1) is 0 Å². The zero-order chi connectivity index (χ0) is 13.9. The van der Waals surface area contributed by atoms with Gasteiger partial charge >= 0.3 is 0 Å². The molecular formula is C16H18N2O2. The molecule has 0 bridgehead atoms. The van der Waals surface area contributed by atoms with Gasteiger partial charge in [0.2, 0.25) is 0 Å². The van der Waals surface area contributed by atoms with Crippen LogP contribution in [0.1, 0.15) is 10.6 Å². The van der Waals surface area contributed by atoms with Crippen molar-refractivity contribution in [2.45, 2.75) is 0 Å². The maximum absolute atomic E-state index is 12.4. The van der Waals surface area contributed by atoms with E-state index in [0.717, 1.165) is 37.5 Å². The Bertz CT molecular complexity index is 584. The lowest BCUT2D eigenvalue weighted by Crippen LogP contribution is -2.47. The number of carbonyl (C=O) groups excluding carboxylic acids is 1. The van der Waals surface area contributed by atoms with Crippen LogP contribution < -0.4 is 0 Å². The highest BCUT2D eigenvalue weighted by molar-refractivity contribution is 5.92. The van der Waals surface area contributed by atoms with E-state index in [1.807, 2.05) is 41.3 Å². The van der Waals surface area contributed by atoms with Crippen LogP contribution in [-0.4, -0.2) is 48.9 Å². The standard InChI is InChI=1S/C16H18N2O2/c1-17-9-11-18(12-10-17)16(19)15-8-7-14(20-15)13-5-3-2-4-6-13/h2-8H,9-12H2,1H3. The fourth-order valence-corrected chi connectivity index (χ4v) is 2.38. The molecule has 2 aromatic rings. The molecule has 0 saturated carbocycles. The first-order valence-electron chi connectivity index (χ1n) is 6.87. The fourth-order valence-electron chi connectivity index (χ4n) is 2.38. The summed E-state index contributed by atoms with van der Waals surface area (Å²) in [5.74, 6) is 1.15. The zero-order valence-corrected chi connectivity index (χ0v) is 11.6. The highest BCUT2D eigenvalue weighted by Crippen LogP contribution is 2.22. The average molecular weight is 270 g/mol. The van der Waals surface area contributed by atoms with E-state index in [-0.39, 0.29) is 5.91 Å². The summed E-state index contributed by atoms with van der Waals surface area (Å²) >= 11 is 0. The minimum atomic E-state index is -0.0136. The van der Waals surface area contributed by atoms with E-state index in [1.54, 1.807) is 6.07 Å². The van der Waals surface area contributed by atoms with Crippen LogP contribution in [0.5, 0.6) is 0 Å². The van der Waals surface area contributed by atoms with E-state index < -0.39 is 0 Å². The van der Waals surface area contributed by atoms with E-state index in [4.69, 9.17) is 4.42 Å². The van der Waals surface area contributed by atoms with Crippen molar-refractivity contribution in [3.05, 3.63) is 48.2 Å². The number of benzene rings is 1. The van der Waals surface area contributed by atoms with Crippen molar-refractivity contribution in [3.8, 4) is 11.3 Å². The Morgan fingerprint density at radius 3 is 2.40 bits per heavy atom. The molecule has 1 saturated heterocycles. The number of piperazine rings is 1. The third-order valence-corrected chi connectivity index (χ3v) is 3.67. The van der Waals surface area contributed by atoms with Gasteiger partial charge in [0.05, 0.1) is 0 Å². The lowest BCUT2D eigenvalue weighted by Gasteiger charge is -2.31. The molecule has 4 nitrogen and oxygen atoms in total. The molecule has 3 rings (SSSR count). The van der Waals surface area contributed by atoms with E-state index in [9.17, 15) is 4.79 Å². The first kappa shape index (κ1) is 12.9. The number of nitrogens with zero attached hydrogens (tertiary/aromatic N) is 2. The molecule has 1 aliphatic rings. The predicted octanol–water partition coefficient (Wildman–Crippen LogP) is 2.33. The predicted molar refractivity (Wildman–Crippen MR) is 77.5 cm³/mol.